The van der Waals surface area contributed by atoms with Crippen LogP contribution in [-0.2, 0) is 0 Å². The van der Waals surface area contributed by atoms with Gasteiger partial charge in [-0.3, -0.25) is 4.68 Å². The van der Waals surface area contributed by atoms with E-state index < -0.39 is 0 Å². The first-order chi connectivity index (χ1) is 14.0. The molecule has 2 aromatic carbocycles. The van der Waals surface area contributed by atoms with Gasteiger partial charge in [0.25, 0.3) is 0 Å². The first-order valence-corrected chi connectivity index (χ1v) is 11.0. The molecule has 172 valence electrons. The van der Waals surface area contributed by atoms with Crippen molar-refractivity contribution in [3.63, 3.8) is 0 Å². The van der Waals surface area contributed by atoms with Crippen molar-refractivity contribution in [1.82, 2.24) is 4.68 Å². The third-order valence-corrected chi connectivity index (χ3v) is 5.56. The first kappa shape index (κ1) is 27.6. The fourth-order valence-electron chi connectivity index (χ4n) is 3.82. The van der Waals surface area contributed by atoms with Crippen molar-refractivity contribution in [1.29, 1.82) is 0 Å². The van der Waals surface area contributed by atoms with Crippen molar-refractivity contribution < 1.29 is 34.6 Å². The minimum absolute atomic E-state index is 0. The van der Waals surface area contributed by atoms with Crippen LogP contribution in [-0.4, -0.2) is 59.0 Å². The van der Waals surface area contributed by atoms with E-state index in [1.807, 2.05) is 6.07 Å². The molecule has 31 heavy (non-hydrogen) atoms. The van der Waals surface area contributed by atoms with E-state index in [0.29, 0.717) is 0 Å². The van der Waals surface area contributed by atoms with Crippen LogP contribution < -0.4 is 39.6 Å². The Morgan fingerprint density at radius 3 is 1.97 bits per heavy atom. The van der Waals surface area contributed by atoms with Gasteiger partial charge in [0.15, 0.2) is 0 Å². The van der Waals surface area contributed by atoms with Crippen molar-refractivity contribution in [2.45, 2.75) is 12.8 Å². The van der Waals surface area contributed by atoms with E-state index in [1.165, 1.54) is 57.8 Å². The summed E-state index contributed by atoms with van der Waals surface area (Å²) in [4.78, 5) is 2.99. The SMILES string of the molecule is C[NH+](C)CCCN(CCC[NH+](C)C)n1cc(-c2ccccc2)c2cc(Cl)ccc21.[Cl-].[Cl-]. The number of benzene rings is 2. The van der Waals surface area contributed by atoms with Gasteiger partial charge in [-0.05, 0) is 23.8 Å². The summed E-state index contributed by atoms with van der Waals surface area (Å²) in [5, 5.41) is 4.51. The van der Waals surface area contributed by atoms with Crippen LogP contribution in [0.15, 0.2) is 54.7 Å². The summed E-state index contributed by atoms with van der Waals surface area (Å²) in [7, 11) is 8.89. The van der Waals surface area contributed by atoms with E-state index in [0.717, 1.165) is 18.1 Å². The van der Waals surface area contributed by atoms with Crippen LogP contribution in [0.4, 0.5) is 0 Å². The number of fused-ring (bicyclic) bond motifs is 1. The standard InChI is InChI=1S/C24H33ClN4.2ClH/c1-26(2)14-8-16-28(17-9-15-27(3)4)29-19-23(20-10-6-5-7-11-20)22-18-21(25)12-13-24(22)29;;/h5-7,10-13,18-19H,8-9,14-17H2,1-4H3;2*1H. The smallest absolute Gasteiger partial charge is 0.0784 e. The van der Waals surface area contributed by atoms with Crippen molar-refractivity contribution in [3.05, 3.63) is 59.8 Å². The molecule has 0 amide bonds. The van der Waals surface area contributed by atoms with Crippen LogP contribution in [0.3, 0.4) is 0 Å². The van der Waals surface area contributed by atoms with E-state index >= 15 is 0 Å². The van der Waals surface area contributed by atoms with E-state index in [4.69, 9.17) is 11.6 Å². The van der Waals surface area contributed by atoms with Crippen molar-refractivity contribution in [2.24, 2.45) is 0 Å². The molecule has 3 rings (SSSR count). The van der Waals surface area contributed by atoms with Gasteiger partial charge in [0.1, 0.15) is 0 Å². The molecule has 0 saturated carbocycles. The third kappa shape index (κ3) is 7.58. The Hall–Kier alpha value is -1.43. The second-order valence-corrected chi connectivity index (χ2v) is 8.93. The highest BCUT2D eigenvalue weighted by molar-refractivity contribution is 6.31. The van der Waals surface area contributed by atoms with Crippen molar-refractivity contribution in [3.8, 4) is 11.1 Å². The second kappa shape index (κ2) is 13.2. The average molecular weight is 486 g/mol. The minimum Gasteiger partial charge on any atom is -1.00 e. The van der Waals surface area contributed by atoms with Crippen molar-refractivity contribution in [2.75, 3.05) is 59.4 Å². The largest absolute Gasteiger partial charge is 1.00 e. The van der Waals surface area contributed by atoms with Gasteiger partial charge in [-0.1, -0.05) is 41.9 Å². The maximum atomic E-state index is 6.38. The average Bonchev–Trinajstić information content (AvgIpc) is 3.05. The number of halogens is 3. The normalized spacial score (nSPS) is 10.9. The molecule has 0 unspecified atom stereocenters. The lowest BCUT2D eigenvalue weighted by Crippen LogP contribution is -3.05. The zero-order chi connectivity index (χ0) is 20.8. The van der Waals surface area contributed by atoms with Crippen LogP contribution in [0.5, 0.6) is 0 Å². The first-order valence-electron chi connectivity index (χ1n) is 10.6. The molecule has 0 radical (unpaired) electrons. The van der Waals surface area contributed by atoms with Gasteiger partial charge in [-0.15, -0.1) is 0 Å². The monoisotopic (exact) mass is 484 g/mol. The quantitative estimate of drug-likeness (QED) is 0.299. The van der Waals surface area contributed by atoms with Crippen LogP contribution in [0.2, 0.25) is 5.02 Å². The predicted molar refractivity (Wildman–Crippen MR) is 125 cm³/mol. The summed E-state index contributed by atoms with van der Waals surface area (Å²) in [5.41, 5.74) is 3.70. The van der Waals surface area contributed by atoms with E-state index in [9.17, 15) is 0 Å². The van der Waals surface area contributed by atoms with Crippen LogP contribution >= 0.6 is 11.6 Å². The summed E-state index contributed by atoms with van der Waals surface area (Å²) in [6.45, 7) is 4.45. The molecule has 1 aromatic heterocycles. The Bertz CT molecular complexity index is 896. The third-order valence-electron chi connectivity index (χ3n) is 5.32. The van der Waals surface area contributed by atoms with Gasteiger partial charge < -0.3 is 39.6 Å². The second-order valence-electron chi connectivity index (χ2n) is 8.49. The van der Waals surface area contributed by atoms with Crippen LogP contribution in [0, 0.1) is 0 Å². The molecule has 3 aromatic rings. The number of hydrogen-bond donors (Lipinski definition) is 2. The Morgan fingerprint density at radius 1 is 0.839 bits per heavy atom. The van der Waals surface area contributed by atoms with Gasteiger partial charge in [0, 0.05) is 48.1 Å². The number of nitrogens with zero attached hydrogens (tertiary/aromatic N) is 2. The number of rotatable bonds is 10. The highest BCUT2D eigenvalue weighted by Crippen LogP contribution is 2.32. The van der Waals surface area contributed by atoms with E-state index in [1.54, 1.807) is 0 Å². The number of quaternary nitrogens is 2. The van der Waals surface area contributed by atoms with Gasteiger partial charge in [0.2, 0.25) is 0 Å². The zero-order valence-electron chi connectivity index (χ0n) is 19.0. The van der Waals surface area contributed by atoms with Gasteiger partial charge in [0.05, 0.1) is 46.8 Å². The van der Waals surface area contributed by atoms with Gasteiger partial charge in [-0.25, -0.2) is 0 Å². The highest BCUT2D eigenvalue weighted by atomic mass is 35.5. The van der Waals surface area contributed by atoms with E-state index in [-0.39, 0.29) is 24.8 Å². The van der Waals surface area contributed by atoms with Crippen LogP contribution in [0.25, 0.3) is 22.0 Å². The van der Waals surface area contributed by atoms with Gasteiger partial charge in [-0.2, -0.15) is 0 Å². The topological polar surface area (TPSA) is 17.1 Å². The lowest BCUT2D eigenvalue weighted by Gasteiger charge is -2.27. The summed E-state index contributed by atoms with van der Waals surface area (Å²) in [6, 6.07) is 16.9. The Morgan fingerprint density at radius 2 is 1.42 bits per heavy atom. The van der Waals surface area contributed by atoms with Crippen molar-refractivity contribution >= 4 is 22.5 Å². The molecule has 0 fully saturated rings. The maximum Gasteiger partial charge on any atom is 0.0784 e. The molecule has 0 aliphatic rings. The molecule has 2 N–H and O–H groups in total. The van der Waals surface area contributed by atoms with E-state index in [2.05, 4.69) is 86.5 Å². The minimum atomic E-state index is 0. The van der Waals surface area contributed by atoms with Gasteiger partial charge >= 0.3 is 0 Å². The predicted octanol–water partition coefficient (Wildman–Crippen LogP) is -4.02. The molecular formula is C24H35Cl3N4. The zero-order valence-corrected chi connectivity index (χ0v) is 21.2. The molecule has 0 aliphatic carbocycles. The molecule has 0 bridgehead atoms. The molecule has 0 saturated heterocycles. The molecule has 0 spiro atoms. The highest BCUT2D eigenvalue weighted by Gasteiger charge is 2.16. The molecule has 0 aliphatic heterocycles. The molecule has 4 nitrogen and oxygen atoms in total. The summed E-state index contributed by atoms with van der Waals surface area (Å²) >= 11 is 6.38. The summed E-state index contributed by atoms with van der Waals surface area (Å²) < 4.78 is 2.37. The lowest BCUT2D eigenvalue weighted by molar-refractivity contribution is -0.858. The molecule has 7 heteroatoms. The van der Waals surface area contributed by atoms with Crippen LogP contribution in [0.1, 0.15) is 12.8 Å². The maximum absolute atomic E-state index is 6.38. The Balaban J connectivity index is 0.00000240. The fourth-order valence-corrected chi connectivity index (χ4v) is 4.00. The molecule has 1 heterocycles. The molecule has 0 atom stereocenters. The number of nitrogens with one attached hydrogen (secondary N) is 2. The lowest BCUT2D eigenvalue weighted by atomic mass is 10.1. The molecular weight excluding hydrogens is 451 g/mol. The summed E-state index contributed by atoms with van der Waals surface area (Å²) in [6.07, 6.45) is 4.64. The Kier molecular flexibility index (Phi) is 11.7. The number of hydrogen-bond acceptors (Lipinski definition) is 1. The Labute approximate surface area is 204 Å². The number of aromatic nitrogens is 1. The summed E-state index contributed by atoms with van der Waals surface area (Å²) in [5.74, 6) is 0. The fraction of sp³-hybridized carbons (Fsp3) is 0.417.